The Bertz CT molecular complexity index is 1610. The van der Waals surface area contributed by atoms with Gasteiger partial charge in [-0.05, 0) is 25.3 Å². The second kappa shape index (κ2) is 10.6. The van der Waals surface area contributed by atoms with Crippen LogP contribution in [-0.2, 0) is 22.4 Å². The van der Waals surface area contributed by atoms with Crippen molar-refractivity contribution in [2.24, 2.45) is 0 Å². The summed E-state index contributed by atoms with van der Waals surface area (Å²) in [5.74, 6) is -6.04. The quantitative estimate of drug-likeness (QED) is 0.477. The van der Waals surface area contributed by atoms with Crippen LogP contribution in [0.15, 0.2) is 53.5 Å². The predicted octanol–water partition coefficient (Wildman–Crippen LogP) is 3.43. The number of amides is 2. The standard InChI is InChI=1S/C30H28F3N3O6/c1-16-7-8-30(15-41-24(42-30)9-17-5-3-2-4-6-17)23-14-35(16)29(40)25-27(38)26(37)20(13-36(23)25)28(39)34-12-19-21(32)10-18(31)11-22(19)33/h2-6,10-11,13,16,23-24,38H,7-9,12,14-15H2,1H3,(H,34,39)/t16-,23+,24?,30+/m0/s1. The lowest BCUT2D eigenvalue weighted by atomic mass is 9.88. The van der Waals surface area contributed by atoms with Gasteiger partial charge in [0.1, 0.15) is 28.6 Å². The molecule has 0 saturated carbocycles. The average Bonchev–Trinajstić information content (AvgIpc) is 3.31. The molecule has 1 spiro atoms. The number of ether oxygens (including phenoxy) is 2. The van der Waals surface area contributed by atoms with Crippen LogP contribution < -0.4 is 10.7 Å². The van der Waals surface area contributed by atoms with Gasteiger partial charge in [0.25, 0.3) is 11.8 Å². The SMILES string of the molecule is C[C@H]1CC[C@@]2(COC(Cc3ccccc3)O2)[C@H]2CN1C(=O)c1c(O)c(=O)c(C(=O)NCc3c(F)cc(F)cc3F)cn12. The van der Waals surface area contributed by atoms with Crippen LogP contribution in [0.1, 0.15) is 57.8 Å². The van der Waals surface area contributed by atoms with Crippen molar-refractivity contribution < 1.29 is 37.3 Å². The van der Waals surface area contributed by atoms with E-state index in [0.29, 0.717) is 31.4 Å². The van der Waals surface area contributed by atoms with Crippen molar-refractivity contribution in [2.45, 2.75) is 56.7 Å². The number of nitrogens with one attached hydrogen (secondary N) is 1. The Morgan fingerprint density at radius 1 is 1.14 bits per heavy atom. The number of nitrogens with zero attached hydrogens (tertiary/aromatic N) is 2. The van der Waals surface area contributed by atoms with Crippen molar-refractivity contribution in [3.63, 3.8) is 0 Å². The maximum atomic E-state index is 14.1. The summed E-state index contributed by atoms with van der Waals surface area (Å²) < 4.78 is 55.6. The van der Waals surface area contributed by atoms with Gasteiger partial charge >= 0.3 is 0 Å². The molecule has 2 saturated heterocycles. The highest BCUT2D eigenvalue weighted by Gasteiger charge is 2.54. The molecule has 9 nitrogen and oxygen atoms in total. The van der Waals surface area contributed by atoms with Crippen LogP contribution in [0.5, 0.6) is 5.75 Å². The largest absolute Gasteiger partial charge is 0.503 e. The first-order valence-corrected chi connectivity index (χ1v) is 13.6. The summed E-state index contributed by atoms with van der Waals surface area (Å²) in [4.78, 5) is 41.3. The zero-order chi connectivity index (χ0) is 29.8. The Hall–Kier alpha value is -4.16. The van der Waals surface area contributed by atoms with Crippen LogP contribution in [0.3, 0.4) is 0 Å². The van der Waals surface area contributed by atoms with Crippen molar-refractivity contribution >= 4 is 11.8 Å². The van der Waals surface area contributed by atoms with E-state index in [1.54, 1.807) is 4.90 Å². The molecule has 6 rings (SSSR count). The molecule has 2 fully saturated rings. The van der Waals surface area contributed by atoms with Gasteiger partial charge in [0.15, 0.2) is 17.7 Å². The van der Waals surface area contributed by atoms with E-state index in [1.165, 1.54) is 10.8 Å². The van der Waals surface area contributed by atoms with E-state index < -0.39 is 76.0 Å². The maximum absolute atomic E-state index is 14.1. The first kappa shape index (κ1) is 28.0. The second-order valence-corrected chi connectivity index (χ2v) is 11.0. The molecule has 1 aromatic heterocycles. The molecule has 3 aliphatic rings. The van der Waals surface area contributed by atoms with E-state index in [1.807, 2.05) is 37.3 Å². The number of rotatable bonds is 5. The molecule has 3 aromatic rings. The van der Waals surface area contributed by atoms with Crippen molar-refractivity contribution in [2.75, 3.05) is 13.2 Å². The number of carbonyl (C=O) groups excluding carboxylic acids is 2. The summed E-state index contributed by atoms with van der Waals surface area (Å²) >= 11 is 0. The molecule has 0 radical (unpaired) electrons. The lowest BCUT2D eigenvalue weighted by Crippen LogP contribution is -2.53. The number of carbonyl (C=O) groups is 2. The average molecular weight is 584 g/mol. The summed E-state index contributed by atoms with van der Waals surface area (Å²) in [6.07, 6.45) is 2.16. The summed E-state index contributed by atoms with van der Waals surface area (Å²) in [5.41, 5.74) is -2.45. The molecule has 12 heteroatoms. The molecule has 42 heavy (non-hydrogen) atoms. The van der Waals surface area contributed by atoms with Gasteiger partial charge in [-0.3, -0.25) is 14.4 Å². The Kier molecular flexibility index (Phi) is 7.06. The predicted molar refractivity (Wildman–Crippen MR) is 142 cm³/mol. The zero-order valence-corrected chi connectivity index (χ0v) is 22.6. The third-order valence-electron chi connectivity index (χ3n) is 8.40. The highest BCUT2D eigenvalue weighted by atomic mass is 19.1. The van der Waals surface area contributed by atoms with Crippen LogP contribution in [0, 0.1) is 17.5 Å². The van der Waals surface area contributed by atoms with E-state index in [-0.39, 0.29) is 24.9 Å². The van der Waals surface area contributed by atoms with E-state index in [2.05, 4.69) is 5.32 Å². The van der Waals surface area contributed by atoms with Gasteiger partial charge in [0.2, 0.25) is 5.43 Å². The second-order valence-electron chi connectivity index (χ2n) is 11.0. The Morgan fingerprint density at radius 3 is 2.57 bits per heavy atom. The summed E-state index contributed by atoms with van der Waals surface area (Å²) in [5, 5.41) is 13.2. The number of fused-ring (bicyclic) bond motifs is 5. The number of aromatic nitrogens is 1. The Balaban J connectivity index is 1.35. The van der Waals surface area contributed by atoms with Crippen LogP contribution in [0.2, 0.25) is 0 Å². The minimum absolute atomic E-state index is 0.181. The minimum Gasteiger partial charge on any atom is -0.503 e. The fraction of sp³-hybridized carbons (Fsp3) is 0.367. The van der Waals surface area contributed by atoms with Gasteiger partial charge in [0, 0.05) is 49.4 Å². The van der Waals surface area contributed by atoms with Crippen LogP contribution in [0.4, 0.5) is 13.2 Å². The molecule has 2 amide bonds. The highest BCUT2D eigenvalue weighted by Crippen LogP contribution is 2.45. The first-order chi connectivity index (χ1) is 20.1. The number of benzene rings is 2. The van der Waals surface area contributed by atoms with E-state index in [0.717, 1.165) is 5.56 Å². The molecule has 2 bridgehead atoms. The van der Waals surface area contributed by atoms with Crippen molar-refractivity contribution in [3.05, 3.63) is 98.7 Å². The van der Waals surface area contributed by atoms with E-state index in [9.17, 15) is 32.7 Å². The molecule has 1 unspecified atom stereocenters. The Labute approximate surface area is 238 Å². The number of hydrogen-bond acceptors (Lipinski definition) is 6. The number of aromatic hydroxyl groups is 1. The minimum atomic E-state index is -1.21. The lowest BCUT2D eigenvalue weighted by Gasteiger charge is -2.42. The van der Waals surface area contributed by atoms with Gasteiger partial charge in [0.05, 0.1) is 12.6 Å². The molecule has 220 valence electrons. The third kappa shape index (κ3) is 4.74. The van der Waals surface area contributed by atoms with Crippen molar-refractivity contribution in [1.29, 1.82) is 0 Å². The van der Waals surface area contributed by atoms with Gasteiger partial charge in [-0.25, -0.2) is 13.2 Å². The summed E-state index contributed by atoms with van der Waals surface area (Å²) in [6.45, 7) is 1.56. The molecule has 2 N–H and O–H groups in total. The number of hydrogen-bond donors (Lipinski definition) is 2. The fourth-order valence-electron chi connectivity index (χ4n) is 6.09. The number of halogens is 3. The monoisotopic (exact) mass is 583 g/mol. The van der Waals surface area contributed by atoms with Crippen LogP contribution in [0.25, 0.3) is 0 Å². The molecule has 4 atom stereocenters. The highest BCUT2D eigenvalue weighted by molar-refractivity contribution is 5.99. The van der Waals surface area contributed by atoms with Crippen LogP contribution >= 0.6 is 0 Å². The van der Waals surface area contributed by atoms with Gasteiger partial charge < -0.3 is 29.4 Å². The molecular weight excluding hydrogens is 555 g/mol. The molecule has 2 aromatic carbocycles. The maximum Gasteiger partial charge on any atom is 0.274 e. The molecule has 0 aliphatic carbocycles. The summed E-state index contributed by atoms with van der Waals surface area (Å²) in [7, 11) is 0. The van der Waals surface area contributed by atoms with Crippen molar-refractivity contribution in [3.8, 4) is 5.75 Å². The molecule has 4 heterocycles. The fourth-order valence-corrected chi connectivity index (χ4v) is 6.09. The van der Waals surface area contributed by atoms with Gasteiger partial charge in [-0.1, -0.05) is 30.3 Å². The van der Waals surface area contributed by atoms with Crippen LogP contribution in [-0.4, -0.2) is 57.5 Å². The van der Waals surface area contributed by atoms with E-state index in [4.69, 9.17) is 9.47 Å². The third-order valence-corrected chi connectivity index (χ3v) is 8.40. The van der Waals surface area contributed by atoms with Gasteiger partial charge in [-0.2, -0.15) is 0 Å². The molecule has 3 aliphatic heterocycles. The first-order valence-electron chi connectivity index (χ1n) is 13.6. The topological polar surface area (TPSA) is 110 Å². The lowest BCUT2D eigenvalue weighted by molar-refractivity contribution is -0.108. The molecular formula is C30H28F3N3O6. The van der Waals surface area contributed by atoms with E-state index >= 15 is 0 Å². The zero-order valence-electron chi connectivity index (χ0n) is 22.6. The summed E-state index contributed by atoms with van der Waals surface area (Å²) in [6, 6.07) is 9.76. The normalized spacial score (nSPS) is 24.9. The smallest absolute Gasteiger partial charge is 0.274 e. The number of pyridine rings is 1. The Morgan fingerprint density at radius 2 is 1.86 bits per heavy atom. The van der Waals surface area contributed by atoms with Gasteiger partial charge in [-0.15, -0.1) is 0 Å². The van der Waals surface area contributed by atoms with Crippen molar-refractivity contribution in [1.82, 2.24) is 14.8 Å².